The molecule has 0 aliphatic carbocycles. The van der Waals surface area contributed by atoms with Gasteiger partial charge in [-0.2, -0.15) is 5.26 Å². The van der Waals surface area contributed by atoms with Gasteiger partial charge < -0.3 is 5.32 Å². The molecule has 1 N–H and O–H groups in total. The van der Waals surface area contributed by atoms with E-state index in [0.717, 1.165) is 12.1 Å². The molecule has 0 atom stereocenters. The Kier molecular flexibility index (Phi) is 4.59. The summed E-state index contributed by atoms with van der Waals surface area (Å²) in [7, 11) is 0. The van der Waals surface area contributed by atoms with Crippen LogP contribution in [0.3, 0.4) is 0 Å². The Balaban J connectivity index is 2.47. The second-order valence-electron chi connectivity index (χ2n) is 3.70. The van der Waals surface area contributed by atoms with Crippen molar-refractivity contribution in [2.45, 2.75) is 19.9 Å². The summed E-state index contributed by atoms with van der Waals surface area (Å²) in [6, 6.07) is 10.2. The van der Waals surface area contributed by atoms with Crippen molar-refractivity contribution in [3.63, 3.8) is 0 Å². The first-order valence-electron chi connectivity index (χ1n) is 5.12. The molecule has 1 rings (SSSR count). The van der Waals surface area contributed by atoms with Gasteiger partial charge >= 0.3 is 0 Å². The molecule has 1 aromatic rings. The summed E-state index contributed by atoms with van der Waals surface area (Å²) in [5.74, 6) is 0. The zero-order chi connectivity index (χ0) is 11.1. The van der Waals surface area contributed by atoms with E-state index in [2.05, 4.69) is 37.4 Å². The van der Waals surface area contributed by atoms with Crippen LogP contribution >= 0.6 is 0 Å². The highest BCUT2D eigenvalue weighted by Crippen LogP contribution is 2.04. The van der Waals surface area contributed by atoms with Gasteiger partial charge in [-0.1, -0.05) is 38.1 Å². The van der Waals surface area contributed by atoms with E-state index in [-0.39, 0.29) is 0 Å². The van der Waals surface area contributed by atoms with Crippen molar-refractivity contribution < 1.29 is 0 Å². The summed E-state index contributed by atoms with van der Waals surface area (Å²) in [4.78, 5) is 0. The molecular formula is C13H16N2. The molecule has 0 aromatic heterocycles. The van der Waals surface area contributed by atoms with E-state index in [0.29, 0.717) is 11.6 Å². The second kappa shape index (κ2) is 6.00. The molecule has 0 heterocycles. The second-order valence-corrected chi connectivity index (χ2v) is 3.70. The van der Waals surface area contributed by atoms with Crippen LogP contribution in [0.25, 0.3) is 6.08 Å². The van der Waals surface area contributed by atoms with Crippen LogP contribution < -0.4 is 5.32 Å². The minimum atomic E-state index is 0.510. The Bertz CT molecular complexity index is 355. The van der Waals surface area contributed by atoms with Crippen LogP contribution in [-0.2, 0) is 0 Å². The fraction of sp³-hybridized carbons (Fsp3) is 0.308. The molecule has 0 aliphatic rings. The van der Waals surface area contributed by atoms with Crippen LogP contribution in [0.15, 0.2) is 30.3 Å². The number of nitrogens with one attached hydrogen (secondary N) is 1. The first-order chi connectivity index (χ1) is 7.22. The first-order valence-corrected chi connectivity index (χ1v) is 5.12. The van der Waals surface area contributed by atoms with E-state index in [1.807, 2.05) is 24.3 Å². The SMILES string of the molecule is CC(C)NCC=Cc1ccc(C#N)cc1. The first kappa shape index (κ1) is 11.5. The lowest BCUT2D eigenvalue weighted by molar-refractivity contribution is 0.633. The van der Waals surface area contributed by atoms with Crippen LogP contribution in [0.2, 0.25) is 0 Å². The summed E-state index contributed by atoms with van der Waals surface area (Å²) < 4.78 is 0. The van der Waals surface area contributed by atoms with Gasteiger partial charge in [0, 0.05) is 12.6 Å². The molecule has 15 heavy (non-hydrogen) atoms. The van der Waals surface area contributed by atoms with E-state index in [1.54, 1.807) is 0 Å². The van der Waals surface area contributed by atoms with E-state index in [1.165, 1.54) is 0 Å². The van der Waals surface area contributed by atoms with Crippen molar-refractivity contribution in [1.29, 1.82) is 5.26 Å². The van der Waals surface area contributed by atoms with Gasteiger partial charge in [0.05, 0.1) is 11.6 Å². The van der Waals surface area contributed by atoms with Crippen molar-refractivity contribution in [2.24, 2.45) is 0 Å². The third-order valence-electron chi connectivity index (χ3n) is 1.99. The number of hydrogen-bond donors (Lipinski definition) is 1. The zero-order valence-corrected chi connectivity index (χ0v) is 9.20. The van der Waals surface area contributed by atoms with Crippen molar-refractivity contribution >= 4 is 6.08 Å². The fourth-order valence-electron chi connectivity index (χ4n) is 1.17. The highest BCUT2D eigenvalue weighted by Gasteiger charge is 1.90. The van der Waals surface area contributed by atoms with Crippen molar-refractivity contribution in [3.8, 4) is 6.07 Å². The fourth-order valence-corrected chi connectivity index (χ4v) is 1.17. The Morgan fingerprint density at radius 3 is 2.53 bits per heavy atom. The topological polar surface area (TPSA) is 35.8 Å². The molecule has 1 aromatic carbocycles. The Hall–Kier alpha value is -1.59. The van der Waals surface area contributed by atoms with E-state index >= 15 is 0 Å². The minimum absolute atomic E-state index is 0.510. The molecule has 0 fully saturated rings. The summed E-state index contributed by atoms with van der Waals surface area (Å²) >= 11 is 0. The summed E-state index contributed by atoms with van der Waals surface area (Å²) in [6.07, 6.45) is 4.14. The molecule has 0 aliphatic heterocycles. The monoisotopic (exact) mass is 200 g/mol. The van der Waals surface area contributed by atoms with Crippen LogP contribution in [0.4, 0.5) is 0 Å². The molecule has 0 saturated heterocycles. The average Bonchev–Trinajstić information content (AvgIpc) is 2.25. The number of benzene rings is 1. The van der Waals surface area contributed by atoms with Crippen molar-refractivity contribution in [1.82, 2.24) is 5.32 Å². The maximum absolute atomic E-state index is 8.63. The lowest BCUT2D eigenvalue weighted by Gasteiger charge is -2.03. The smallest absolute Gasteiger partial charge is 0.0991 e. The summed E-state index contributed by atoms with van der Waals surface area (Å²) in [6.45, 7) is 5.11. The van der Waals surface area contributed by atoms with Gasteiger partial charge in [0.2, 0.25) is 0 Å². The third kappa shape index (κ3) is 4.44. The molecule has 0 bridgehead atoms. The summed E-state index contributed by atoms with van der Waals surface area (Å²) in [5, 5.41) is 11.9. The Morgan fingerprint density at radius 1 is 1.33 bits per heavy atom. The average molecular weight is 200 g/mol. The predicted octanol–water partition coefficient (Wildman–Crippen LogP) is 2.57. The molecule has 0 saturated carbocycles. The summed E-state index contributed by atoms with van der Waals surface area (Å²) in [5.41, 5.74) is 1.83. The van der Waals surface area contributed by atoms with Gasteiger partial charge in [0.25, 0.3) is 0 Å². The van der Waals surface area contributed by atoms with E-state index < -0.39 is 0 Å². The normalized spacial score (nSPS) is 10.8. The minimum Gasteiger partial charge on any atom is -0.311 e. The van der Waals surface area contributed by atoms with Gasteiger partial charge in [-0.3, -0.25) is 0 Å². The van der Waals surface area contributed by atoms with Gasteiger partial charge in [-0.05, 0) is 17.7 Å². The highest BCUT2D eigenvalue weighted by molar-refractivity contribution is 5.51. The highest BCUT2D eigenvalue weighted by atomic mass is 14.9. The standard InChI is InChI=1S/C13H16N2/c1-11(2)15-9-3-4-12-5-7-13(10-14)8-6-12/h3-8,11,15H,9H2,1-2H3. The van der Waals surface area contributed by atoms with Gasteiger partial charge in [-0.15, -0.1) is 0 Å². The Labute approximate surface area is 91.2 Å². The van der Waals surface area contributed by atoms with Crippen LogP contribution in [0, 0.1) is 11.3 Å². The maximum Gasteiger partial charge on any atom is 0.0991 e. The number of nitriles is 1. The predicted molar refractivity (Wildman–Crippen MR) is 63.3 cm³/mol. The van der Waals surface area contributed by atoms with E-state index in [9.17, 15) is 0 Å². The third-order valence-corrected chi connectivity index (χ3v) is 1.99. The molecular weight excluding hydrogens is 184 g/mol. The van der Waals surface area contributed by atoms with Crippen LogP contribution in [0.5, 0.6) is 0 Å². The molecule has 0 amide bonds. The number of nitrogens with zero attached hydrogens (tertiary/aromatic N) is 1. The lowest BCUT2D eigenvalue weighted by Crippen LogP contribution is -2.22. The molecule has 2 heteroatoms. The zero-order valence-electron chi connectivity index (χ0n) is 9.20. The van der Waals surface area contributed by atoms with Crippen molar-refractivity contribution in [3.05, 3.63) is 41.5 Å². The molecule has 0 spiro atoms. The quantitative estimate of drug-likeness (QED) is 0.810. The lowest BCUT2D eigenvalue weighted by atomic mass is 10.1. The van der Waals surface area contributed by atoms with Crippen LogP contribution in [0.1, 0.15) is 25.0 Å². The largest absolute Gasteiger partial charge is 0.311 e. The number of rotatable bonds is 4. The van der Waals surface area contributed by atoms with Gasteiger partial charge in [0.1, 0.15) is 0 Å². The Morgan fingerprint density at radius 2 is 2.00 bits per heavy atom. The molecule has 2 nitrogen and oxygen atoms in total. The molecule has 0 unspecified atom stereocenters. The molecule has 78 valence electrons. The maximum atomic E-state index is 8.63. The van der Waals surface area contributed by atoms with Crippen molar-refractivity contribution in [2.75, 3.05) is 6.54 Å². The van der Waals surface area contributed by atoms with E-state index in [4.69, 9.17) is 5.26 Å². The van der Waals surface area contributed by atoms with Crippen LogP contribution in [-0.4, -0.2) is 12.6 Å². The van der Waals surface area contributed by atoms with Gasteiger partial charge in [0.15, 0.2) is 0 Å². The number of hydrogen-bond acceptors (Lipinski definition) is 2. The van der Waals surface area contributed by atoms with Gasteiger partial charge in [-0.25, -0.2) is 0 Å². The molecule has 0 radical (unpaired) electrons.